The number of sulfonamides is 1. The van der Waals surface area contributed by atoms with Crippen molar-refractivity contribution in [1.29, 1.82) is 0 Å². The number of hydrogen-bond acceptors (Lipinski definition) is 7. The molecule has 1 amide bonds. The Morgan fingerprint density at radius 1 is 0.816 bits per heavy atom. The van der Waals surface area contributed by atoms with Gasteiger partial charge in [-0.1, -0.05) is 42.5 Å². The lowest BCUT2D eigenvalue weighted by atomic mass is 10.2. The van der Waals surface area contributed by atoms with E-state index in [4.69, 9.17) is 14.2 Å². The van der Waals surface area contributed by atoms with Crippen molar-refractivity contribution in [3.05, 3.63) is 78.4 Å². The third-order valence-corrected chi connectivity index (χ3v) is 8.37. The number of anilines is 1. The maximum Gasteiger partial charge on any atom is 0.247 e. The molecule has 0 N–H and O–H groups in total. The van der Waals surface area contributed by atoms with E-state index in [1.165, 1.54) is 24.6 Å². The molecule has 9 nitrogen and oxygen atoms in total. The van der Waals surface area contributed by atoms with Gasteiger partial charge in [0.1, 0.15) is 22.1 Å². The van der Waals surface area contributed by atoms with Crippen molar-refractivity contribution in [2.75, 3.05) is 59.0 Å². The number of para-hydroxylation sites is 2. The van der Waals surface area contributed by atoms with Crippen molar-refractivity contribution >= 4 is 21.6 Å². The minimum absolute atomic E-state index is 0.0382. The highest BCUT2D eigenvalue weighted by atomic mass is 32.2. The van der Waals surface area contributed by atoms with Crippen LogP contribution in [0.25, 0.3) is 0 Å². The van der Waals surface area contributed by atoms with Crippen LogP contribution in [0.3, 0.4) is 0 Å². The molecule has 0 radical (unpaired) electrons. The van der Waals surface area contributed by atoms with E-state index in [1.54, 1.807) is 24.1 Å². The van der Waals surface area contributed by atoms with Crippen molar-refractivity contribution in [1.82, 2.24) is 9.21 Å². The molecule has 0 atom stereocenters. The van der Waals surface area contributed by atoms with E-state index in [9.17, 15) is 13.2 Å². The molecule has 0 saturated carbocycles. The van der Waals surface area contributed by atoms with Gasteiger partial charge < -0.3 is 24.0 Å². The molecule has 0 aliphatic carbocycles. The highest BCUT2D eigenvalue weighted by Gasteiger charge is 2.32. The molecule has 0 spiro atoms. The summed E-state index contributed by atoms with van der Waals surface area (Å²) in [5, 5.41) is 0. The Balaban J connectivity index is 1.55. The van der Waals surface area contributed by atoms with Gasteiger partial charge in [0.25, 0.3) is 0 Å². The fourth-order valence-corrected chi connectivity index (χ4v) is 6.02. The lowest BCUT2D eigenvalue weighted by molar-refractivity contribution is -0.131. The Labute approximate surface area is 224 Å². The first-order chi connectivity index (χ1) is 18.4. The molecule has 10 heteroatoms. The predicted molar refractivity (Wildman–Crippen MR) is 145 cm³/mol. The molecule has 4 rings (SSSR count). The smallest absolute Gasteiger partial charge is 0.247 e. The summed E-state index contributed by atoms with van der Waals surface area (Å²) in [7, 11) is 0.397. The maximum atomic E-state index is 13.9. The van der Waals surface area contributed by atoms with E-state index in [2.05, 4.69) is 4.90 Å². The van der Waals surface area contributed by atoms with Gasteiger partial charge in [-0.3, -0.25) is 4.79 Å². The number of methoxy groups -OCH3 is 3. The summed E-state index contributed by atoms with van der Waals surface area (Å²) in [5.74, 6) is 1.08. The van der Waals surface area contributed by atoms with Crippen LogP contribution in [0, 0.1) is 0 Å². The molecular weight excluding hydrogens is 506 g/mol. The van der Waals surface area contributed by atoms with Crippen LogP contribution in [0.1, 0.15) is 5.56 Å². The van der Waals surface area contributed by atoms with Crippen LogP contribution in [0.2, 0.25) is 0 Å². The van der Waals surface area contributed by atoms with E-state index in [0.29, 0.717) is 31.9 Å². The van der Waals surface area contributed by atoms with Gasteiger partial charge in [0.2, 0.25) is 15.9 Å². The van der Waals surface area contributed by atoms with Crippen molar-refractivity contribution in [2.45, 2.75) is 11.4 Å². The van der Waals surface area contributed by atoms with E-state index in [1.807, 2.05) is 54.6 Å². The number of rotatable bonds is 10. The number of hydrogen-bond donors (Lipinski definition) is 0. The van der Waals surface area contributed by atoms with Gasteiger partial charge in [-0.25, -0.2) is 8.42 Å². The largest absolute Gasteiger partial charge is 0.497 e. The molecule has 1 heterocycles. The Morgan fingerprint density at radius 2 is 1.47 bits per heavy atom. The molecule has 38 heavy (non-hydrogen) atoms. The Kier molecular flexibility index (Phi) is 8.75. The number of piperazine rings is 1. The zero-order chi connectivity index (χ0) is 27.1. The average Bonchev–Trinajstić information content (AvgIpc) is 2.97. The molecule has 0 bridgehead atoms. The number of carbonyl (C=O) groups is 1. The van der Waals surface area contributed by atoms with Gasteiger partial charge in [0.15, 0.2) is 0 Å². The second-order valence-corrected chi connectivity index (χ2v) is 10.7. The standard InChI is InChI=1S/C28H33N3O6S/c1-35-23-13-14-26(37-3)27(19-23)38(33,34)31(20-22-9-5-4-6-10-22)21-28(32)30-17-15-29(16-18-30)24-11-7-8-12-25(24)36-2/h4-14,19H,15-18,20-21H2,1-3H3. The summed E-state index contributed by atoms with van der Waals surface area (Å²) >= 11 is 0. The summed E-state index contributed by atoms with van der Waals surface area (Å²) in [6.07, 6.45) is 0. The summed E-state index contributed by atoms with van der Waals surface area (Å²) in [6.45, 7) is 1.91. The molecule has 202 valence electrons. The number of ether oxygens (including phenoxy) is 3. The van der Waals surface area contributed by atoms with E-state index >= 15 is 0 Å². The predicted octanol–water partition coefficient (Wildman–Crippen LogP) is 3.25. The van der Waals surface area contributed by atoms with Gasteiger partial charge in [-0.2, -0.15) is 4.31 Å². The zero-order valence-corrected chi connectivity index (χ0v) is 22.7. The topological polar surface area (TPSA) is 88.6 Å². The first-order valence-corrected chi connectivity index (χ1v) is 13.7. The molecule has 0 unspecified atom stereocenters. The number of nitrogens with zero attached hydrogens (tertiary/aromatic N) is 3. The van der Waals surface area contributed by atoms with Crippen molar-refractivity contribution in [3.8, 4) is 17.2 Å². The molecule has 1 aliphatic heterocycles. The van der Waals surface area contributed by atoms with Crippen molar-refractivity contribution in [2.24, 2.45) is 0 Å². The highest BCUT2D eigenvalue weighted by molar-refractivity contribution is 7.89. The van der Waals surface area contributed by atoms with Gasteiger partial charge in [-0.05, 0) is 29.8 Å². The third-order valence-electron chi connectivity index (χ3n) is 6.56. The molecule has 1 saturated heterocycles. The van der Waals surface area contributed by atoms with Crippen LogP contribution < -0.4 is 19.1 Å². The number of benzene rings is 3. The SMILES string of the molecule is COc1ccc(OC)c(S(=O)(=O)N(CC(=O)N2CCN(c3ccccc3OC)CC2)Cc2ccccc2)c1. The lowest BCUT2D eigenvalue weighted by Crippen LogP contribution is -2.51. The number of carbonyl (C=O) groups excluding carboxylic acids is 1. The van der Waals surface area contributed by atoms with E-state index in [0.717, 1.165) is 17.0 Å². The van der Waals surface area contributed by atoms with E-state index in [-0.39, 0.29) is 29.6 Å². The second-order valence-electron chi connectivity index (χ2n) is 8.82. The maximum absolute atomic E-state index is 13.9. The first-order valence-electron chi connectivity index (χ1n) is 12.3. The molecule has 0 aromatic heterocycles. The molecular formula is C28H33N3O6S. The minimum Gasteiger partial charge on any atom is -0.497 e. The van der Waals surface area contributed by atoms with Gasteiger partial charge in [-0.15, -0.1) is 0 Å². The lowest BCUT2D eigenvalue weighted by Gasteiger charge is -2.37. The van der Waals surface area contributed by atoms with Crippen LogP contribution in [0.4, 0.5) is 5.69 Å². The Bertz CT molecular complexity index is 1340. The fraction of sp³-hybridized carbons (Fsp3) is 0.321. The fourth-order valence-electron chi connectivity index (χ4n) is 4.48. The number of amides is 1. The van der Waals surface area contributed by atoms with Crippen LogP contribution >= 0.6 is 0 Å². The summed E-state index contributed by atoms with van der Waals surface area (Å²) < 4.78 is 45.1. The highest BCUT2D eigenvalue weighted by Crippen LogP contribution is 2.32. The van der Waals surface area contributed by atoms with Crippen molar-refractivity contribution < 1.29 is 27.4 Å². The zero-order valence-electron chi connectivity index (χ0n) is 21.9. The Morgan fingerprint density at radius 3 is 2.13 bits per heavy atom. The van der Waals surface area contributed by atoms with Gasteiger partial charge in [0, 0.05) is 38.8 Å². The van der Waals surface area contributed by atoms with E-state index < -0.39 is 10.0 Å². The minimum atomic E-state index is -4.12. The molecule has 1 fully saturated rings. The molecule has 3 aromatic rings. The van der Waals surface area contributed by atoms with Crippen LogP contribution in [-0.4, -0.2) is 77.6 Å². The normalized spacial score (nSPS) is 13.9. The molecule has 1 aliphatic rings. The second kappa shape index (κ2) is 12.2. The van der Waals surface area contributed by atoms with Crippen LogP contribution in [0.5, 0.6) is 17.2 Å². The van der Waals surface area contributed by atoms with Crippen LogP contribution in [0.15, 0.2) is 77.7 Å². The summed E-state index contributed by atoms with van der Waals surface area (Å²) in [5.41, 5.74) is 1.74. The summed E-state index contributed by atoms with van der Waals surface area (Å²) in [6, 6.07) is 21.6. The van der Waals surface area contributed by atoms with Crippen molar-refractivity contribution in [3.63, 3.8) is 0 Å². The van der Waals surface area contributed by atoms with Crippen LogP contribution in [-0.2, 0) is 21.4 Å². The quantitative estimate of drug-likeness (QED) is 0.391. The monoisotopic (exact) mass is 539 g/mol. The van der Waals surface area contributed by atoms with Gasteiger partial charge in [0.05, 0.1) is 33.6 Å². The Hall–Kier alpha value is -3.76. The third kappa shape index (κ3) is 6.03. The van der Waals surface area contributed by atoms with Gasteiger partial charge >= 0.3 is 0 Å². The molecule has 3 aromatic carbocycles. The average molecular weight is 540 g/mol. The first kappa shape index (κ1) is 27.3. The summed E-state index contributed by atoms with van der Waals surface area (Å²) in [4.78, 5) is 17.3.